The summed E-state index contributed by atoms with van der Waals surface area (Å²) in [7, 11) is 1.83. The molecule has 2 heterocycles. The van der Waals surface area contributed by atoms with Crippen LogP contribution in [0, 0.1) is 12.8 Å². The van der Waals surface area contributed by atoms with Crippen molar-refractivity contribution >= 4 is 5.91 Å². The number of carbonyl (C=O) groups is 1. The van der Waals surface area contributed by atoms with Gasteiger partial charge in [-0.3, -0.25) is 4.79 Å². The van der Waals surface area contributed by atoms with E-state index < -0.39 is 0 Å². The maximum atomic E-state index is 11.9. The zero-order valence-corrected chi connectivity index (χ0v) is 9.69. The SMILES string of the molecule is Cc1ncn(C)c1C(=O)NC[C@@H]1CCOC1. The number of nitrogens with zero attached hydrogens (tertiary/aromatic N) is 2. The average molecular weight is 223 g/mol. The van der Waals surface area contributed by atoms with E-state index in [2.05, 4.69) is 10.3 Å². The normalized spacial score (nSPS) is 20.0. The van der Waals surface area contributed by atoms with Gasteiger partial charge in [-0.15, -0.1) is 0 Å². The number of nitrogens with one attached hydrogen (secondary N) is 1. The Hall–Kier alpha value is -1.36. The van der Waals surface area contributed by atoms with Gasteiger partial charge in [0.25, 0.3) is 5.91 Å². The third-order valence-electron chi connectivity index (χ3n) is 2.91. The van der Waals surface area contributed by atoms with Gasteiger partial charge in [0.1, 0.15) is 5.69 Å². The molecule has 5 nitrogen and oxygen atoms in total. The van der Waals surface area contributed by atoms with Crippen LogP contribution in [-0.2, 0) is 11.8 Å². The minimum Gasteiger partial charge on any atom is -0.381 e. The van der Waals surface area contributed by atoms with Crippen molar-refractivity contribution in [2.45, 2.75) is 13.3 Å². The molecule has 2 rings (SSSR count). The third kappa shape index (κ3) is 2.24. The number of amides is 1. The van der Waals surface area contributed by atoms with Crippen LogP contribution in [0.4, 0.5) is 0 Å². The van der Waals surface area contributed by atoms with E-state index in [0.717, 1.165) is 25.3 Å². The maximum Gasteiger partial charge on any atom is 0.269 e. The van der Waals surface area contributed by atoms with E-state index in [9.17, 15) is 4.79 Å². The summed E-state index contributed by atoms with van der Waals surface area (Å²) in [5, 5.41) is 2.93. The van der Waals surface area contributed by atoms with Crippen LogP contribution in [-0.4, -0.2) is 35.2 Å². The lowest BCUT2D eigenvalue weighted by Gasteiger charge is -2.10. The minimum atomic E-state index is -0.0515. The predicted molar refractivity (Wildman–Crippen MR) is 59.2 cm³/mol. The summed E-state index contributed by atoms with van der Waals surface area (Å²) in [4.78, 5) is 16.0. The first-order valence-corrected chi connectivity index (χ1v) is 5.52. The van der Waals surface area contributed by atoms with Gasteiger partial charge in [-0.1, -0.05) is 0 Å². The Labute approximate surface area is 94.8 Å². The highest BCUT2D eigenvalue weighted by Crippen LogP contribution is 2.11. The number of carbonyl (C=O) groups excluding carboxylic acids is 1. The van der Waals surface area contributed by atoms with E-state index in [1.807, 2.05) is 14.0 Å². The molecule has 1 fully saturated rings. The van der Waals surface area contributed by atoms with Crippen molar-refractivity contribution in [2.24, 2.45) is 13.0 Å². The lowest BCUT2D eigenvalue weighted by atomic mass is 10.1. The summed E-state index contributed by atoms with van der Waals surface area (Å²) in [6.45, 7) is 4.09. The quantitative estimate of drug-likeness (QED) is 0.811. The lowest BCUT2D eigenvalue weighted by Crippen LogP contribution is -2.31. The van der Waals surface area contributed by atoms with E-state index in [-0.39, 0.29) is 5.91 Å². The van der Waals surface area contributed by atoms with Gasteiger partial charge in [0, 0.05) is 26.1 Å². The largest absolute Gasteiger partial charge is 0.381 e. The molecule has 1 aliphatic rings. The van der Waals surface area contributed by atoms with E-state index in [1.165, 1.54) is 0 Å². The van der Waals surface area contributed by atoms with E-state index in [0.29, 0.717) is 18.2 Å². The Balaban J connectivity index is 1.92. The summed E-state index contributed by atoms with van der Waals surface area (Å²) < 4.78 is 7.00. The highest BCUT2D eigenvalue weighted by atomic mass is 16.5. The molecule has 88 valence electrons. The van der Waals surface area contributed by atoms with Gasteiger partial charge in [-0.05, 0) is 13.3 Å². The van der Waals surface area contributed by atoms with Gasteiger partial charge in [0.05, 0.1) is 18.6 Å². The van der Waals surface area contributed by atoms with Gasteiger partial charge in [-0.25, -0.2) is 4.98 Å². The number of hydrogen-bond donors (Lipinski definition) is 1. The number of rotatable bonds is 3. The minimum absolute atomic E-state index is 0.0515. The molecule has 0 saturated carbocycles. The molecular formula is C11H17N3O2. The summed E-state index contributed by atoms with van der Waals surface area (Å²) in [6.07, 6.45) is 2.69. The van der Waals surface area contributed by atoms with Crippen molar-refractivity contribution in [1.82, 2.24) is 14.9 Å². The fraction of sp³-hybridized carbons (Fsp3) is 0.636. The van der Waals surface area contributed by atoms with Crippen LogP contribution in [0.15, 0.2) is 6.33 Å². The Kier molecular flexibility index (Phi) is 3.24. The zero-order chi connectivity index (χ0) is 11.5. The molecule has 5 heteroatoms. The first-order chi connectivity index (χ1) is 7.68. The third-order valence-corrected chi connectivity index (χ3v) is 2.91. The smallest absolute Gasteiger partial charge is 0.269 e. The molecule has 1 amide bonds. The van der Waals surface area contributed by atoms with Crippen LogP contribution in [0.1, 0.15) is 22.6 Å². The van der Waals surface area contributed by atoms with Crippen LogP contribution in [0.2, 0.25) is 0 Å². The van der Waals surface area contributed by atoms with Gasteiger partial charge in [0.2, 0.25) is 0 Å². The Bertz CT molecular complexity index is 361. The molecule has 1 aromatic rings. The maximum absolute atomic E-state index is 11.9. The molecule has 1 saturated heterocycles. The van der Waals surface area contributed by atoms with E-state index in [1.54, 1.807) is 10.9 Å². The monoisotopic (exact) mass is 223 g/mol. The molecule has 0 bridgehead atoms. The van der Waals surface area contributed by atoms with Gasteiger partial charge in [-0.2, -0.15) is 0 Å². The molecule has 1 aliphatic heterocycles. The first-order valence-electron chi connectivity index (χ1n) is 5.52. The molecule has 0 unspecified atom stereocenters. The summed E-state index contributed by atoms with van der Waals surface area (Å²) in [5.41, 5.74) is 1.40. The molecule has 0 aromatic carbocycles. The van der Waals surface area contributed by atoms with Crippen molar-refractivity contribution in [3.8, 4) is 0 Å². The topological polar surface area (TPSA) is 56.2 Å². The number of aryl methyl sites for hydroxylation is 2. The molecule has 0 spiro atoms. The molecule has 1 aromatic heterocycles. The summed E-state index contributed by atoms with van der Waals surface area (Å²) in [6, 6.07) is 0. The second kappa shape index (κ2) is 4.65. The van der Waals surface area contributed by atoms with Crippen LogP contribution >= 0.6 is 0 Å². The van der Waals surface area contributed by atoms with Crippen molar-refractivity contribution in [3.63, 3.8) is 0 Å². The second-order valence-electron chi connectivity index (χ2n) is 4.23. The fourth-order valence-electron chi connectivity index (χ4n) is 1.94. The highest BCUT2D eigenvalue weighted by Gasteiger charge is 2.19. The van der Waals surface area contributed by atoms with Crippen LogP contribution in [0.5, 0.6) is 0 Å². The first kappa shape index (κ1) is 11.1. The van der Waals surface area contributed by atoms with Crippen molar-refractivity contribution in [2.75, 3.05) is 19.8 Å². The molecule has 1 N–H and O–H groups in total. The predicted octanol–water partition coefficient (Wildman–Crippen LogP) is 0.495. The van der Waals surface area contributed by atoms with Crippen molar-refractivity contribution in [1.29, 1.82) is 0 Å². The molecule has 1 atom stereocenters. The van der Waals surface area contributed by atoms with Gasteiger partial charge < -0.3 is 14.6 Å². The zero-order valence-electron chi connectivity index (χ0n) is 9.69. The molecule has 16 heavy (non-hydrogen) atoms. The Morgan fingerprint density at radius 3 is 3.12 bits per heavy atom. The van der Waals surface area contributed by atoms with Crippen molar-refractivity contribution < 1.29 is 9.53 Å². The Morgan fingerprint density at radius 1 is 1.75 bits per heavy atom. The molecule has 0 radical (unpaired) electrons. The molecule has 0 aliphatic carbocycles. The van der Waals surface area contributed by atoms with E-state index >= 15 is 0 Å². The summed E-state index contributed by atoms with van der Waals surface area (Å²) >= 11 is 0. The van der Waals surface area contributed by atoms with Crippen LogP contribution in [0.25, 0.3) is 0 Å². The average Bonchev–Trinajstić information content (AvgIpc) is 2.86. The fourth-order valence-corrected chi connectivity index (χ4v) is 1.94. The van der Waals surface area contributed by atoms with Gasteiger partial charge >= 0.3 is 0 Å². The number of hydrogen-bond acceptors (Lipinski definition) is 3. The van der Waals surface area contributed by atoms with Gasteiger partial charge in [0.15, 0.2) is 0 Å². The second-order valence-corrected chi connectivity index (χ2v) is 4.23. The molecular weight excluding hydrogens is 206 g/mol. The summed E-state index contributed by atoms with van der Waals surface area (Å²) in [5.74, 6) is 0.405. The standard InChI is InChI=1S/C11H17N3O2/c1-8-10(14(2)7-13-8)11(15)12-5-9-3-4-16-6-9/h7,9H,3-6H2,1-2H3,(H,12,15)/t9-/m0/s1. The lowest BCUT2D eigenvalue weighted by molar-refractivity contribution is 0.0936. The number of ether oxygens (including phenoxy) is 1. The number of aromatic nitrogens is 2. The van der Waals surface area contributed by atoms with E-state index in [4.69, 9.17) is 4.74 Å². The van der Waals surface area contributed by atoms with Crippen molar-refractivity contribution in [3.05, 3.63) is 17.7 Å². The van der Waals surface area contributed by atoms with Crippen LogP contribution in [0.3, 0.4) is 0 Å². The Morgan fingerprint density at radius 2 is 2.56 bits per heavy atom. The number of imidazole rings is 1. The highest BCUT2D eigenvalue weighted by molar-refractivity contribution is 5.93. The van der Waals surface area contributed by atoms with Crippen LogP contribution < -0.4 is 5.32 Å².